The predicted molar refractivity (Wildman–Crippen MR) is 67.5 cm³/mol. The second kappa shape index (κ2) is 4.96. The molecule has 1 aliphatic rings. The highest BCUT2D eigenvalue weighted by Gasteiger charge is 2.36. The summed E-state index contributed by atoms with van der Waals surface area (Å²) in [7, 11) is 0. The highest BCUT2D eigenvalue weighted by Crippen LogP contribution is 2.25. The van der Waals surface area contributed by atoms with Gasteiger partial charge in [-0.1, -0.05) is 12.1 Å². The molecule has 1 amide bonds. The normalized spacial score (nSPS) is 27.8. The van der Waals surface area contributed by atoms with Crippen molar-refractivity contribution in [3.8, 4) is 5.75 Å². The van der Waals surface area contributed by atoms with E-state index in [-0.39, 0.29) is 0 Å². The minimum absolute atomic E-state index is 0.332. The average molecular weight is 250 g/mol. The number of hydrogen-bond donors (Lipinski definition) is 3. The SMILES string of the molecule is CC1(O)CCNCC1Oc1ccccc1C(N)=O. The van der Waals surface area contributed by atoms with Gasteiger partial charge in [0.1, 0.15) is 17.5 Å². The quantitative estimate of drug-likeness (QED) is 0.719. The number of nitrogens with one attached hydrogen (secondary N) is 1. The van der Waals surface area contributed by atoms with E-state index in [2.05, 4.69) is 5.32 Å². The van der Waals surface area contributed by atoms with E-state index in [0.29, 0.717) is 24.3 Å². The Morgan fingerprint density at radius 2 is 2.28 bits per heavy atom. The van der Waals surface area contributed by atoms with Crippen molar-refractivity contribution >= 4 is 5.91 Å². The van der Waals surface area contributed by atoms with Crippen molar-refractivity contribution in [3.05, 3.63) is 29.8 Å². The van der Waals surface area contributed by atoms with Gasteiger partial charge in [0.2, 0.25) is 0 Å². The molecule has 2 rings (SSSR count). The Morgan fingerprint density at radius 1 is 1.56 bits per heavy atom. The van der Waals surface area contributed by atoms with Crippen LogP contribution in [0.2, 0.25) is 0 Å². The maximum atomic E-state index is 11.3. The van der Waals surface area contributed by atoms with E-state index in [9.17, 15) is 9.90 Å². The van der Waals surface area contributed by atoms with Gasteiger partial charge in [0.25, 0.3) is 5.91 Å². The van der Waals surface area contributed by atoms with E-state index >= 15 is 0 Å². The van der Waals surface area contributed by atoms with Gasteiger partial charge in [-0.15, -0.1) is 0 Å². The highest BCUT2D eigenvalue weighted by atomic mass is 16.5. The first kappa shape index (κ1) is 12.9. The lowest BCUT2D eigenvalue weighted by Crippen LogP contribution is -2.55. The van der Waals surface area contributed by atoms with Crippen molar-refractivity contribution in [3.63, 3.8) is 0 Å². The molecule has 0 aliphatic carbocycles. The third-order valence-electron chi connectivity index (χ3n) is 3.25. The van der Waals surface area contributed by atoms with Gasteiger partial charge in [-0.2, -0.15) is 0 Å². The van der Waals surface area contributed by atoms with Crippen LogP contribution in [0, 0.1) is 0 Å². The van der Waals surface area contributed by atoms with Crippen molar-refractivity contribution < 1.29 is 14.6 Å². The van der Waals surface area contributed by atoms with E-state index in [1.54, 1.807) is 31.2 Å². The molecule has 98 valence electrons. The Bertz CT molecular complexity index is 446. The molecule has 0 aromatic heterocycles. The van der Waals surface area contributed by atoms with Crippen molar-refractivity contribution in [1.82, 2.24) is 5.32 Å². The van der Waals surface area contributed by atoms with Gasteiger partial charge in [0.15, 0.2) is 0 Å². The molecule has 1 fully saturated rings. The van der Waals surface area contributed by atoms with Gasteiger partial charge >= 0.3 is 0 Å². The molecule has 18 heavy (non-hydrogen) atoms. The number of aliphatic hydroxyl groups is 1. The largest absolute Gasteiger partial charge is 0.485 e. The maximum Gasteiger partial charge on any atom is 0.252 e. The number of carbonyl (C=O) groups excluding carboxylic acids is 1. The molecule has 1 saturated heterocycles. The number of piperidine rings is 1. The van der Waals surface area contributed by atoms with Crippen LogP contribution in [-0.2, 0) is 0 Å². The molecule has 1 aliphatic heterocycles. The first-order valence-corrected chi connectivity index (χ1v) is 5.99. The summed E-state index contributed by atoms with van der Waals surface area (Å²) in [5.41, 5.74) is 4.72. The summed E-state index contributed by atoms with van der Waals surface area (Å²) in [5.74, 6) is -0.118. The molecule has 5 nitrogen and oxygen atoms in total. The summed E-state index contributed by atoms with van der Waals surface area (Å²) in [6.45, 7) is 3.04. The fourth-order valence-electron chi connectivity index (χ4n) is 2.05. The summed E-state index contributed by atoms with van der Waals surface area (Å²) in [6, 6.07) is 6.80. The predicted octanol–water partition coefficient (Wildman–Crippen LogP) is 0.277. The standard InChI is InChI=1S/C13H18N2O3/c1-13(17)6-7-15-8-11(13)18-10-5-3-2-4-9(10)12(14)16/h2-5,11,15,17H,6-8H2,1H3,(H2,14,16). The first-order valence-electron chi connectivity index (χ1n) is 5.99. The molecule has 1 heterocycles. The van der Waals surface area contributed by atoms with Crippen molar-refractivity contribution in [1.29, 1.82) is 0 Å². The van der Waals surface area contributed by atoms with Crippen LogP contribution in [0.4, 0.5) is 0 Å². The van der Waals surface area contributed by atoms with Gasteiger partial charge in [-0.3, -0.25) is 4.79 Å². The molecular formula is C13H18N2O3. The topological polar surface area (TPSA) is 84.6 Å². The minimum Gasteiger partial charge on any atom is -0.485 e. The van der Waals surface area contributed by atoms with Crippen molar-refractivity contribution in [2.45, 2.75) is 25.0 Å². The lowest BCUT2D eigenvalue weighted by atomic mass is 9.91. The number of benzene rings is 1. The zero-order chi connectivity index (χ0) is 13.2. The molecule has 0 radical (unpaired) electrons. The first-order chi connectivity index (χ1) is 8.50. The highest BCUT2D eigenvalue weighted by molar-refractivity contribution is 5.95. The number of ether oxygens (including phenoxy) is 1. The van der Waals surface area contributed by atoms with Gasteiger partial charge in [0, 0.05) is 6.54 Å². The number of rotatable bonds is 3. The van der Waals surface area contributed by atoms with Crippen LogP contribution < -0.4 is 15.8 Å². The molecule has 1 aromatic rings. The maximum absolute atomic E-state index is 11.3. The Hall–Kier alpha value is -1.59. The summed E-state index contributed by atoms with van der Waals surface area (Å²) in [4.78, 5) is 11.3. The molecular weight excluding hydrogens is 232 g/mol. The van der Waals surface area contributed by atoms with Crippen LogP contribution in [0.3, 0.4) is 0 Å². The van der Waals surface area contributed by atoms with Crippen LogP contribution >= 0.6 is 0 Å². The number of carbonyl (C=O) groups is 1. The monoisotopic (exact) mass is 250 g/mol. The van der Waals surface area contributed by atoms with E-state index in [4.69, 9.17) is 10.5 Å². The van der Waals surface area contributed by atoms with Gasteiger partial charge in [0.05, 0.1) is 5.56 Å². The van der Waals surface area contributed by atoms with Crippen LogP contribution in [-0.4, -0.2) is 35.8 Å². The van der Waals surface area contributed by atoms with Crippen LogP contribution in [0.5, 0.6) is 5.75 Å². The molecule has 2 unspecified atom stereocenters. The molecule has 0 bridgehead atoms. The third kappa shape index (κ3) is 2.63. The molecule has 4 N–H and O–H groups in total. The van der Waals surface area contributed by atoms with Crippen molar-refractivity contribution in [2.75, 3.05) is 13.1 Å². The minimum atomic E-state index is -0.907. The third-order valence-corrected chi connectivity index (χ3v) is 3.25. The van der Waals surface area contributed by atoms with E-state index in [1.165, 1.54) is 0 Å². The fourth-order valence-corrected chi connectivity index (χ4v) is 2.05. The molecule has 5 heteroatoms. The Morgan fingerprint density at radius 3 is 2.94 bits per heavy atom. The molecule has 0 spiro atoms. The average Bonchev–Trinajstić information content (AvgIpc) is 2.32. The van der Waals surface area contributed by atoms with Gasteiger partial charge < -0.3 is 20.9 Å². The fraction of sp³-hybridized carbons (Fsp3) is 0.462. The second-order valence-electron chi connectivity index (χ2n) is 4.78. The zero-order valence-corrected chi connectivity index (χ0v) is 10.3. The summed E-state index contributed by atoms with van der Waals surface area (Å²) < 4.78 is 5.75. The second-order valence-corrected chi connectivity index (χ2v) is 4.78. The van der Waals surface area contributed by atoms with Gasteiger partial charge in [-0.05, 0) is 32.0 Å². The Labute approximate surface area is 106 Å². The summed E-state index contributed by atoms with van der Waals surface area (Å²) in [6.07, 6.45) is 0.211. The number of amides is 1. The zero-order valence-electron chi connectivity index (χ0n) is 10.3. The Balaban J connectivity index is 2.21. The van der Waals surface area contributed by atoms with Crippen LogP contribution in [0.25, 0.3) is 0 Å². The van der Waals surface area contributed by atoms with Crippen LogP contribution in [0.1, 0.15) is 23.7 Å². The number of hydrogen-bond acceptors (Lipinski definition) is 4. The van der Waals surface area contributed by atoms with Gasteiger partial charge in [-0.25, -0.2) is 0 Å². The smallest absolute Gasteiger partial charge is 0.252 e. The van der Waals surface area contributed by atoms with Crippen molar-refractivity contribution in [2.24, 2.45) is 5.73 Å². The molecule has 1 aromatic carbocycles. The Kier molecular flexibility index (Phi) is 3.54. The summed E-state index contributed by atoms with van der Waals surface area (Å²) >= 11 is 0. The molecule has 0 saturated carbocycles. The lowest BCUT2D eigenvalue weighted by molar-refractivity contribution is -0.0659. The molecule has 2 atom stereocenters. The van der Waals surface area contributed by atoms with Crippen LogP contribution in [0.15, 0.2) is 24.3 Å². The van der Waals surface area contributed by atoms with E-state index < -0.39 is 17.6 Å². The van der Waals surface area contributed by atoms with E-state index in [0.717, 1.165) is 6.54 Å². The lowest BCUT2D eigenvalue weighted by Gasteiger charge is -2.37. The van der Waals surface area contributed by atoms with E-state index in [1.807, 2.05) is 0 Å². The number of nitrogens with two attached hydrogens (primary N) is 1. The number of para-hydroxylation sites is 1. The summed E-state index contributed by atoms with van der Waals surface area (Å²) in [5, 5.41) is 13.4. The number of primary amides is 1.